The van der Waals surface area contributed by atoms with Crippen molar-refractivity contribution in [3.05, 3.63) is 42.1 Å². The third kappa shape index (κ3) is 5.35. The largest absolute Gasteiger partial charge is 0.345 e. The fourth-order valence-electron chi connectivity index (χ4n) is 2.55. The molecule has 1 heterocycles. The van der Waals surface area contributed by atoms with Gasteiger partial charge in [0.1, 0.15) is 12.3 Å². The Morgan fingerprint density at radius 1 is 1.07 bits per heavy atom. The number of aromatic nitrogens is 1. The topological polar surface area (TPSA) is 117 Å². The second-order valence-electron chi connectivity index (χ2n) is 6.76. The molecule has 0 aliphatic rings. The number of nitrogens with one attached hydrogen (secondary N) is 3. The summed E-state index contributed by atoms with van der Waals surface area (Å²) in [6, 6.07) is 7.32. The van der Waals surface area contributed by atoms with Crippen LogP contribution in [0, 0.1) is 5.92 Å². The molecule has 0 aliphatic carbocycles. The zero-order valence-electron chi connectivity index (χ0n) is 16.1. The highest BCUT2D eigenvalue weighted by atomic mass is 16.2. The van der Waals surface area contributed by atoms with Crippen LogP contribution >= 0.6 is 0 Å². The molecule has 2 atom stereocenters. The summed E-state index contributed by atoms with van der Waals surface area (Å²) >= 11 is 0. The number of hydrogen-bond acceptors (Lipinski definition) is 5. The first-order valence-corrected chi connectivity index (χ1v) is 9.00. The Bertz CT molecular complexity index is 876. The van der Waals surface area contributed by atoms with Crippen molar-refractivity contribution in [3.63, 3.8) is 0 Å². The van der Waals surface area contributed by atoms with Crippen molar-refractivity contribution < 1.29 is 19.2 Å². The van der Waals surface area contributed by atoms with Crippen LogP contribution in [-0.4, -0.2) is 47.6 Å². The van der Waals surface area contributed by atoms with Gasteiger partial charge in [-0.1, -0.05) is 32.0 Å². The lowest BCUT2D eigenvalue weighted by molar-refractivity contribution is -0.129. The van der Waals surface area contributed by atoms with E-state index in [1.54, 1.807) is 38.1 Å². The van der Waals surface area contributed by atoms with Crippen molar-refractivity contribution in [3.8, 4) is 0 Å². The van der Waals surface area contributed by atoms with Gasteiger partial charge in [0.15, 0.2) is 0 Å². The fraction of sp³-hybridized carbons (Fsp3) is 0.350. The standard InChI is InChI=1S/C20H24N4O4/c1-12(2)17(11-25)24-19(27)13(3)23-18(26)10-22-20(28)15-8-9-21-16-7-5-4-6-14(15)16/h4-9,11-13,17H,10H2,1-3H3,(H,22,28)(H,23,26)(H,24,27)/t13-,17+/m0/s1. The lowest BCUT2D eigenvalue weighted by Crippen LogP contribution is -2.51. The van der Waals surface area contributed by atoms with Gasteiger partial charge in [0.2, 0.25) is 11.8 Å². The van der Waals surface area contributed by atoms with Crippen LogP contribution in [0.5, 0.6) is 0 Å². The van der Waals surface area contributed by atoms with Crippen molar-refractivity contribution in [2.24, 2.45) is 5.92 Å². The number of aldehydes is 1. The molecule has 0 bridgehead atoms. The third-order valence-electron chi connectivity index (χ3n) is 4.25. The van der Waals surface area contributed by atoms with Crippen molar-refractivity contribution in [2.45, 2.75) is 32.9 Å². The minimum atomic E-state index is -0.840. The Balaban J connectivity index is 1.90. The van der Waals surface area contributed by atoms with E-state index < -0.39 is 29.8 Å². The molecule has 0 spiro atoms. The van der Waals surface area contributed by atoms with Gasteiger partial charge in [0.25, 0.3) is 5.91 Å². The molecule has 0 unspecified atom stereocenters. The first kappa shape index (κ1) is 21.0. The maximum absolute atomic E-state index is 12.4. The number of fused-ring (bicyclic) bond motifs is 1. The molecule has 0 saturated carbocycles. The van der Waals surface area contributed by atoms with Gasteiger partial charge >= 0.3 is 0 Å². The number of carbonyl (C=O) groups is 4. The molecule has 2 rings (SSSR count). The van der Waals surface area contributed by atoms with Crippen LogP contribution in [0.1, 0.15) is 31.1 Å². The summed E-state index contributed by atoms with van der Waals surface area (Å²) in [5.74, 6) is -1.45. The van der Waals surface area contributed by atoms with Gasteiger partial charge in [-0.15, -0.1) is 0 Å². The summed E-state index contributed by atoms with van der Waals surface area (Å²) in [5.41, 5.74) is 1.09. The lowest BCUT2D eigenvalue weighted by Gasteiger charge is -2.20. The predicted octanol–water partition coefficient (Wildman–Crippen LogP) is 0.809. The van der Waals surface area contributed by atoms with E-state index in [9.17, 15) is 19.2 Å². The molecule has 3 N–H and O–H groups in total. The summed E-state index contributed by atoms with van der Waals surface area (Å²) in [6.07, 6.45) is 2.19. The molecule has 28 heavy (non-hydrogen) atoms. The van der Waals surface area contributed by atoms with Crippen LogP contribution in [0.2, 0.25) is 0 Å². The van der Waals surface area contributed by atoms with Crippen molar-refractivity contribution in [2.75, 3.05) is 6.54 Å². The molecule has 1 aromatic heterocycles. The highest BCUT2D eigenvalue weighted by molar-refractivity contribution is 6.06. The van der Waals surface area contributed by atoms with E-state index in [-0.39, 0.29) is 12.5 Å². The van der Waals surface area contributed by atoms with Crippen LogP contribution in [0.15, 0.2) is 36.5 Å². The van der Waals surface area contributed by atoms with E-state index in [2.05, 4.69) is 20.9 Å². The van der Waals surface area contributed by atoms with E-state index in [4.69, 9.17) is 0 Å². The SMILES string of the molecule is CC(C)[C@@H](C=O)NC(=O)[C@H](C)NC(=O)CNC(=O)c1ccnc2ccccc12. The second kappa shape index (κ2) is 9.59. The van der Waals surface area contributed by atoms with E-state index in [0.717, 1.165) is 0 Å². The number of hydrogen-bond donors (Lipinski definition) is 3. The van der Waals surface area contributed by atoms with Crippen LogP contribution < -0.4 is 16.0 Å². The number of nitrogens with zero attached hydrogens (tertiary/aromatic N) is 1. The van der Waals surface area contributed by atoms with E-state index in [0.29, 0.717) is 22.8 Å². The van der Waals surface area contributed by atoms with Gasteiger partial charge in [0, 0.05) is 11.6 Å². The summed E-state index contributed by atoms with van der Waals surface area (Å²) in [5, 5.41) is 8.29. The number of pyridine rings is 1. The van der Waals surface area contributed by atoms with Gasteiger partial charge in [-0.25, -0.2) is 0 Å². The monoisotopic (exact) mass is 384 g/mol. The maximum atomic E-state index is 12.4. The number of amides is 3. The molecule has 1 aromatic carbocycles. The second-order valence-corrected chi connectivity index (χ2v) is 6.76. The molecule has 2 aromatic rings. The molecular weight excluding hydrogens is 360 g/mol. The Morgan fingerprint density at radius 2 is 1.79 bits per heavy atom. The average Bonchev–Trinajstić information content (AvgIpc) is 2.69. The van der Waals surface area contributed by atoms with Crippen molar-refractivity contribution in [1.82, 2.24) is 20.9 Å². The minimum Gasteiger partial charge on any atom is -0.345 e. The van der Waals surface area contributed by atoms with Gasteiger partial charge in [-0.3, -0.25) is 19.4 Å². The number of carbonyl (C=O) groups excluding carboxylic acids is 4. The Labute approximate surface area is 163 Å². The number of benzene rings is 1. The first-order valence-electron chi connectivity index (χ1n) is 9.00. The van der Waals surface area contributed by atoms with Crippen molar-refractivity contribution in [1.29, 1.82) is 0 Å². The number of rotatable bonds is 8. The van der Waals surface area contributed by atoms with E-state index >= 15 is 0 Å². The number of para-hydroxylation sites is 1. The van der Waals surface area contributed by atoms with Crippen LogP contribution in [0.4, 0.5) is 0 Å². The van der Waals surface area contributed by atoms with Gasteiger partial charge < -0.3 is 20.7 Å². The molecule has 0 aliphatic heterocycles. The Kier molecular flexibility index (Phi) is 7.20. The first-order chi connectivity index (χ1) is 13.3. The highest BCUT2D eigenvalue weighted by Crippen LogP contribution is 2.15. The van der Waals surface area contributed by atoms with Crippen molar-refractivity contribution >= 4 is 34.9 Å². The van der Waals surface area contributed by atoms with Gasteiger partial charge in [-0.2, -0.15) is 0 Å². The summed E-state index contributed by atoms with van der Waals surface area (Å²) in [7, 11) is 0. The smallest absolute Gasteiger partial charge is 0.252 e. The van der Waals surface area contributed by atoms with Crippen LogP contribution in [0.3, 0.4) is 0 Å². The molecule has 3 amide bonds. The molecule has 0 saturated heterocycles. The molecule has 0 fully saturated rings. The summed E-state index contributed by atoms with van der Waals surface area (Å²) in [4.78, 5) is 51.7. The quantitative estimate of drug-likeness (QED) is 0.582. The molecule has 8 nitrogen and oxygen atoms in total. The third-order valence-corrected chi connectivity index (χ3v) is 4.25. The van der Waals surface area contributed by atoms with E-state index in [1.165, 1.54) is 13.1 Å². The van der Waals surface area contributed by atoms with E-state index in [1.807, 2.05) is 6.07 Å². The van der Waals surface area contributed by atoms with Gasteiger partial charge in [-0.05, 0) is 25.0 Å². The normalized spacial score (nSPS) is 12.9. The zero-order chi connectivity index (χ0) is 20.7. The van der Waals surface area contributed by atoms with Crippen LogP contribution in [0.25, 0.3) is 10.9 Å². The lowest BCUT2D eigenvalue weighted by atomic mass is 10.1. The summed E-state index contributed by atoms with van der Waals surface area (Å²) in [6.45, 7) is 4.84. The van der Waals surface area contributed by atoms with Gasteiger partial charge in [0.05, 0.1) is 23.7 Å². The molecular formula is C20H24N4O4. The maximum Gasteiger partial charge on any atom is 0.252 e. The summed E-state index contributed by atoms with van der Waals surface area (Å²) < 4.78 is 0. The highest BCUT2D eigenvalue weighted by Gasteiger charge is 2.21. The molecule has 148 valence electrons. The Hall–Kier alpha value is -3.29. The minimum absolute atomic E-state index is 0.0566. The van der Waals surface area contributed by atoms with Crippen LogP contribution in [-0.2, 0) is 14.4 Å². The molecule has 8 heteroatoms. The Morgan fingerprint density at radius 3 is 2.46 bits per heavy atom. The molecule has 0 radical (unpaired) electrons. The average molecular weight is 384 g/mol. The fourth-order valence-corrected chi connectivity index (χ4v) is 2.55. The zero-order valence-corrected chi connectivity index (χ0v) is 16.1. The predicted molar refractivity (Wildman–Crippen MR) is 105 cm³/mol.